The van der Waals surface area contributed by atoms with Crippen LogP contribution < -0.4 is 0 Å². The molecule has 0 radical (unpaired) electrons. The number of aryl methyl sites for hydroxylation is 1. The van der Waals surface area contributed by atoms with E-state index >= 15 is 0 Å². The van der Waals surface area contributed by atoms with E-state index in [4.69, 9.17) is 4.52 Å². The van der Waals surface area contributed by atoms with Gasteiger partial charge in [0.25, 0.3) is 5.91 Å². The Bertz CT molecular complexity index is 913. The molecule has 1 atom stereocenters. The number of hydrogen-bond acceptors (Lipinski definition) is 4. The maximum absolute atomic E-state index is 13.1. The highest BCUT2D eigenvalue weighted by molar-refractivity contribution is 5.94. The predicted octanol–water partition coefficient (Wildman–Crippen LogP) is 4.05. The van der Waals surface area contributed by atoms with Crippen molar-refractivity contribution >= 4 is 5.91 Å². The van der Waals surface area contributed by atoms with Crippen molar-refractivity contribution in [2.24, 2.45) is 0 Å². The van der Waals surface area contributed by atoms with Crippen LogP contribution in [0.15, 0.2) is 41.1 Å². The minimum atomic E-state index is -0.0428. The lowest BCUT2D eigenvalue weighted by Gasteiger charge is -2.35. The number of hydrogen-bond donors (Lipinski definition) is 1. The molecule has 3 aromatic rings. The molecule has 26 heavy (non-hydrogen) atoms. The second-order valence-electron chi connectivity index (χ2n) is 6.80. The number of aromatic nitrogens is 3. The van der Waals surface area contributed by atoms with Gasteiger partial charge in [-0.3, -0.25) is 9.89 Å². The Morgan fingerprint density at radius 3 is 2.77 bits per heavy atom. The molecule has 2 aromatic heterocycles. The van der Waals surface area contributed by atoms with Gasteiger partial charge in [-0.05, 0) is 45.2 Å². The molecule has 0 bridgehead atoms. The molecule has 1 aliphatic rings. The number of nitrogens with zero attached hydrogens (tertiary/aromatic N) is 3. The Hall–Kier alpha value is -2.89. The van der Waals surface area contributed by atoms with Crippen LogP contribution in [0.2, 0.25) is 0 Å². The fourth-order valence-electron chi connectivity index (χ4n) is 3.62. The van der Waals surface area contributed by atoms with Crippen LogP contribution in [0.1, 0.15) is 52.6 Å². The van der Waals surface area contributed by atoms with Crippen LogP contribution in [-0.4, -0.2) is 32.7 Å². The van der Waals surface area contributed by atoms with Crippen molar-refractivity contribution in [2.75, 3.05) is 6.54 Å². The van der Waals surface area contributed by atoms with Gasteiger partial charge in [0.15, 0.2) is 5.76 Å². The highest BCUT2D eigenvalue weighted by atomic mass is 16.5. The van der Waals surface area contributed by atoms with Crippen molar-refractivity contribution in [2.45, 2.75) is 39.2 Å². The fraction of sp³-hybridized carbons (Fsp3) is 0.350. The number of H-pyrrole nitrogens is 1. The van der Waals surface area contributed by atoms with E-state index in [0.717, 1.165) is 54.1 Å². The Morgan fingerprint density at radius 2 is 2.04 bits per heavy atom. The van der Waals surface area contributed by atoms with E-state index < -0.39 is 0 Å². The molecule has 6 heteroatoms. The summed E-state index contributed by atoms with van der Waals surface area (Å²) >= 11 is 0. The number of carbonyl (C=O) groups excluding carboxylic acids is 1. The normalized spacial score (nSPS) is 17.5. The molecule has 3 heterocycles. The lowest BCUT2D eigenvalue weighted by molar-refractivity contribution is 0.0606. The number of amides is 1. The number of nitrogens with one attached hydrogen (secondary N) is 1. The first-order valence-electron chi connectivity index (χ1n) is 8.99. The Balaban J connectivity index is 1.71. The number of piperidine rings is 1. The molecule has 1 saturated heterocycles. The molecule has 1 amide bonds. The summed E-state index contributed by atoms with van der Waals surface area (Å²) in [4.78, 5) is 15.0. The van der Waals surface area contributed by atoms with Crippen molar-refractivity contribution in [1.82, 2.24) is 20.3 Å². The molecule has 0 aliphatic carbocycles. The predicted molar refractivity (Wildman–Crippen MR) is 97.6 cm³/mol. The Kier molecular flexibility index (Phi) is 4.32. The number of benzene rings is 1. The van der Waals surface area contributed by atoms with Crippen LogP contribution in [0.25, 0.3) is 11.3 Å². The first-order valence-corrected chi connectivity index (χ1v) is 8.99. The van der Waals surface area contributed by atoms with Crippen LogP contribution in [-0.2, 0) is 0 Å². The molecule has 4 rings (SSSR count). The van der Waals surface area contributed by atoms with Crippen molar-refractivity contribution in [1.29, 1.82) is 0 Å². The maximum atomic E-state index is 13.1. The number of carbonyl (C=O) groups is 1. The van der Waals surface area contributed by atoms with Gasteiger partial charge in [0.1, 0.15) is 0 Å². The van der Waals surface area contributed by atoms with E-state index in [9.17, 15) is 4.79 Å². The van der Waals surface area contributed by atoms with Crippen LogP contribution in [0.4, 0.5) is 0 Å². The summed E-state index contributed by atoms with van der Waals surface area (Å²) in [6.07, 6.45) is 4.76. The second kappa shape index (κ2) is 6.78. The first kappa shape index (κ1) is 16.6. The summed E-state index contributed by atoms with van der Waals surface area (Å²) in [6.45, 7) is 4.66. The van der Waals surface area contributed by atoms with Crippen LogP contribution >= 0.6 is 0 Å². The molecule has 0 unspecified atom stereocenters. The fourth-order valence-corrected chi connectivity index (χ4v) is 3.62. The molecule has 1 aliphatic heterocycles. The minimum absolute atomic E-state index is 0.0428. The van der Waals surface area contributed by atoms with Crippen molar-refractivity contribution in [3.05, 3.63) is 59.0 Å². The summed E-state index contributed by atoms with van der Waals surface area (Å²) < 4.78 is 5.54. The number of aromatic amines is 1. The van der Waals surface area contributed by atoms with Crippen molar-refractivity contribution in [3.8, 4) is 11.3 Å². The molecular formula is C20H22N4O2. The zero-order valence-electron chi connectivity index (χ0n) is 15.0. The standard InChI is InChI=1S/C20H22N4O2/c1-13-14(2)23-26-19(13)16-12-21-22-18(16)17-10-6-7-11-24(17)20(25)15-8-4-3-5-9-15/h3-5,8-9,12,17H,6-7,10-11H2,1-2H3,(H,21,22)/t17-/m0/s1. The highest BCUT2D eigenvalue weighted by Gasteiger charge is 2.32. The van der Waals surface area contributed by atoms with Gasteiger partial charge in [0.2, 0.25) is 0 Å². The summed E-state index contributed by atoms with van der Waals surface area (Å²) in [5.74, 6) is 0.783. The van der Waals surface area contributed by atoms with E-state index in [2.05, 4.69) is 15.4 Å². The van der Waals surface area contributed by atoms with Crippen molar-refractivity contribution in [3.63, 3.8) is 0 Å². The molecule has 0 saturated carbocycles. The van der Waals surface area contributed by atoms with Gasteiger partial charge in [0.05, 0.1) is 29.2 Å². The Morgan fingerprint density at radius 1 is 1.23 bits per heavy atom. The largest absolute Gasteiger partial charge is 0.356 e. The zero-order valence-corrected chi connectivity index (χ0v) is 15.0. The molecular weight excluding hydrogens is 328 g/mol. The number of rotatable bonds is 3. The van der Waals surface area contributed by atoms with E-state index in [-0.39, 0.29) is 11.9 Å². The van der Waals surface area contributed by atoms with Gasteiger partial charge >= 0.3 is 0 Å². The molecule has 1 fully saturated rings. The first-order chi connectivity index (χ1) is 12.7. The molecule has 0 spiro atoms. The zero-order chi connectivity index (χ0) is 18.1. The summed E-state index contributed by atoms with van der Waals surface area (Å²) in [7, 11) is 0. The summed E-state index contributed by atoms with van der Waals surface area (Å²) in [6, 6.07) is 9.41. The maximum Gasteiger partial charge on any atom is 0.254 e. The monoisotopic (exact) mass is 350 g/mol. The number of likely N-dealkylation sites (tertiary alicyclic amines) is 1. The topological polar surface area (TPSA) is 75.0 Å². The molecule has 1 N–H and O–H groups in total. The van der Waals surface area contributed by atoms with Gasteiger partial charge in [-0.25, -0.2) is 0 Å². The van der Waals surface area contributed by atoms with Gasteiger partial charge in [-0.1, -0.05) is 23.4 Å². The van der Waals surface area contributed by atoms with Gasteiger partial charge in [0, 0.05) is 17.7 Å². The Labute approximate surface area is 152 Å². The van der Waals surface area contributed by atoms with Crippen molar-refractivity contribution < 1.29 is 9.32 Å². The van der Waals surface area contributed by atoms with Crippen LogP contribution in [0.5, 0.6) is 0 Å². The SMILES string of the molecule is Cc1noc(-c2cn[nH]c2[C@@H]2CCCCN2C(=O)c2ccccc2)c1C. The third-order valence-electron chi connectivity index (χ3n) is 5.19. The minimum Gasteiger partial charge on any atom is -0.356 e. The molecule has 6 nitrogen and oxygen atoms in total. The quantitative estimate of drug-likeness (QED) is 0.773. The van der Waals surface area contributed by atoms with E-state index in [1.807, 2.05) is 49.1 Å². The third-order valence-corrected chi connectivity index (χ3v) is 5.19. The van der Waals surface area contributed by atoms with Gasteiger partial charge in [-0.2, -0.15) is 5.10 Å². The van der Waals surface area contributed by atoms with Gasteiger partial charge in [-0.15, -0.1) is 0 Å². The lowest BCUT2D eigenvalue weighted by atomic mass is 9.94. The van der Waals surface area contributed by atoms with Crippen LogP contribution in [0.3, 0.4) is 0 Å². The van der Waals surface area contributed by atoms with E-state index in [0.29, 0.717) is 5.56 Å². The van der Waals surface area contributed by atoms with E-state index in [1.54, 1.807) is 6.20 Å². The van der Waals surface area contributed by atoms with Crippen LogP contribution in [0, 0.1) is 13.8 Å². The smallest absolute Gasteiger partial charge is 0.254 e. The average Bonchev–Trinajstić information content (AvgIpc) is 3.29. The highest BCUT2D eigenvalue weighted by Crippen LogP contribution is 2.37. The second-order valence-corrected chi connectivity index (χ2v) is 6.80. The average molecular weight is 350 g/mol. The summed E-state index contributed by atoms with van der Waals surface area (Å²) in [5, 5.41) is 11.4. The lowest BCUT2D eigenvalue weighted by Crippen LogP contribution is -2.38. The van der Waals surface area contributed by atoms with Gasteiger partial charge < -0.3 is 9.42 Å². The third kappa shape index (κ3) is 2.81. The molecule has 134 valence electrons. The van der Waals surface area contributed by atoms with E-state index in [1.165, 1.54) is 0 Å². The summed E-state index contributed by atoms with van der Waals surface area (Å²) in [5.41, 5.74) is 4.40. The molecule has 1 aromatic carbocycles.